The lowest BCUT2D eigenvalue weighted by molar-refractivity contribution is -0.144. The second-order valence-corrected chi connectivity index (χ2v) is 9.07. The zero-order valence-corrected chi connectivity index (χ0v) is 21.4. The molecule has 1 atom stereocenters. The van der Waals surface area contributed by atoms with E-state index in [1.165, 1.54) is 11.6 Å². The molecule has 2 aromatic heterocycles. The van der Waals surface area contributed by atoms with Gasteiger partial charge in [-0.2, -0.15) is 9.78 Å². The zero-order chi connectivity index (χ0) is 25.3. The first-order valence-electron chi connectivity index (χ1n) is 11.1. The molecule has 0 amide bonds. The second kappa shape index (κ2) is 9.87. The van der Waals surface area contributed by atoms with E-state index in [1.807, 2.05) is 51.1 Å². The van der Waals surface area contributed by atoms with E-state index in [2.05, 4.69) is 30.6 Å². The molecule has 180 valence electrons. The summed E-state index contributed by atoms with van der Waals surface area (Å²) in [5.41, 5.74) is 4.13. The highest BCUT2D eigenvalue weighted by atomic mass is 79.9. The minimum atomic E-state index is -1.02. The fourth-order valence-corrected chi connectivity index (χ4v) is 4.27. The summed E-state index contributed by atoms with van der Waals surface area (Å²) in [4.78, 5) is 28.8. The molecule has 35 heavy (non-hydrogen) atoms. The van der Waals surface area contributed by atoms with Crippen molar-refractivity contribution < 1.29 is 14.6 Å². The van der Waals surface area contributed by atoms with Crippen LogP contribution in [0.2, 0.25) is 0 Å². The van der Waals surface area contributed by atoms with Gasteiger partial charge < -0.3 is 14.4 Å². The predicted octanol–water partition coefficient (Wildman–Crippen LogP) is 4.86. The maximum Gasteiger partial charge on any atom is 0.344 e. The lowest BCUT2D eigenvalue weighted by Crippen LogP contribution is -2.22. The quantitative estimate of drug-likeness (QED) is 0.340. The third-order valence-electron chi connectivity index (χ3n) is 5.73. The first-order chi connectivity index (χ1) is 16.7. The van der Waals surface area contributed by atoms with E-state index in [0.29, 0.717) is 28.9 Å². The summed E-state index contributed by atoms with van der Waals surface area (Å²) in [6.07, 6.45) is 1.31. The number of ether oxygens (including phenoxy) is 1. The van der Waals surface area contributed by atoms with Gasteiger partial charge in [-0.3, -0.25) is 4.79 Å². The molecule has 0 unspecified atom stereocenters. The molecule has 0 spiro atoms. The number of aromatic nitrogens is 3. The van der Waals surface area contributed by atoms with Crippen LogP contribution in [0.1, 0.15) is 36.6 Å². The maximum atomic E-state index is 13.1. The van der Waals surface area contributed by atoms with Crippen LogP contribution in [-0.4, -0.2) is 37.6 Å². The predicted molar refractivity (Wildman–Crippen MR) is 139 cm³/mol. The topological polar surface area (TPSA) is 98.7 Å². The Morgan fingerprint density at radius 1 is 1.20 bits per heavy atom. The lowest BCUT2D eigenvalue weighted by Gasteiger charge is -2.13. The van der Waals surface area contributed by atoms with Crippen molar-refractivity contribution in [1.29, 1.82) is 0 Å². The third kappa shape index (κ3) is 4.90. The number of nitrogens with zero attached hydrogens (tertiary/aromatic N) is 4. The molecule has 0 aliphatic rings. The van der Waals surface area contributed by atoms with Crippen LogP contribution in [0.5, 0.6) is 5.75 Å². The molecule has 0 aliphatic heterocycles. The maximum absolute atomic E-state index is 13.1. The molecule has 1 N–H and O–H groups in total. The Kier molecular flexibility index (Phi) is 6.88. The average Bonchev–Trinajstić information content (AvgIpc) is 3.12. The second-order valence-electron chi connectivity index (χ2n) is 8.16. The molecular formula is C26H25BrN4O4. The first kappa shape index (κ1) is 24.4. The molecular weight excluding hydrogens is 512 g/mol. The molecule has 4 rings (SSSR count). The number of hydrogen-bond acceptors (Lipinski definition) is 5. The van der Waals surface area contributed by atoms with Crippen molar-refractivity contribution in [2.24, 2.45) is 5.10 Å². The highest BCUT2D eigenvalue weighted by Crippen LogP contribution is 2.23. The summed E-state index contributed by atoms with van der Waals surface area (Å²) in [5.74, 6) is 0.0468. The van der Waals surface area contributed by atoms with Gasteiger partial charge in [-0.1, -0.05) is 22.9 Å². The van der Waals surface area contributed by atoms with Gasteiger partial charge in [0.15, 0.2) is 6.10 Å². The van der Waals surface area contributed by atoms with Crippen LogP contribution < -0.4 is 10.3 Å². The van der Waals surface area contributed by atoms with Gasteiger partial charge in [0.1, 0.15) is 11.6 Å². The Morgan fingerprint density at radius 2 is 1.91 bits per heavy atom. The highest BCUT2D eigenvalue weighted by molar-refractivity contribution is 9.10. The van der Waals surface area contributed by atoms with E-state index < -0.39 is 12.1 Å². The number of carboxylic acids is 1. The summed E-state index contributed by atoms with van der Waals surface area (Å²) >= 11 is 3.42. The number of aryl methyl sites for hydroxylation is 2. The molecule has 2 heterocycles. The fourth-order valence-electron chi connectivity index (χ4n) is 3.91. The standard InChI is InChI=1S/C26H25BrN4O4/c1-5-24-29-23-11-6-19(27)13-22(23)25(32)31(24)28-14-18-12-15(2)30(16(18)3)20-7-9-21(10-8-20)35-17(4)26(33)34/h6-14,17H,5H2,1-4H3,(H,33,34)/t17-/m0/s1. The monoisotopic (exact) mass is 536 g/mol. The highest BCUT2D eigenvalue weighted by Gasteiger charge is 2.14. The van der Waals surface area contributed by atoms with Gasteiger partial charge in [-0.25, -0.2) is 9.78 Å². The van der Waals surface area contributed by atoms with Crippen molar-refractivity contribution in [2.45, 2.75) is 40.2 Å². The van der Waals surface area contributed by atoms with Crippen molar-refractivity contribution in [3.8, 4) is 11.4 Å². The third-order valence-corrected chi connectivity index (χ3v) is 6.22. The van der Waals surface area contributed by atoms with E-state index in [-0.39, 0.29) is 5.56 Å². The van der Waals surface area contributed by atoms with Crippen molar-refractivity contribution in [2.75, 3.05) is 0 Å². The minimum Gasteiger partial charge on any atom is -0.479 e. The average molecular weight is 537 g/mol. The number of aliphatic carboxylic acids is 1. The Labute approximate surface area is 210 Å². The number of rotatable bonds is 7. The van der Waals surface area contributed by atoms with Crippen LogP contribution in [0.25, 0.3) is 16.6 Å². The summed E-state index contributed by atoms with van der Waals surface area (Å²) < 4.78 is 9.64. The van der Waals surface area contributed by atoms with Gasteiger partial charge in [0.25, 0.3) is 5.56 Å². The summed E-state index contributed by atoms with van der Waals surface area (Å²) in [6.45, 7) is 7.39. The number of hydrogen-bond donors (Lipinski definition) is 1. The van der Waals surface area contributed by atoms with E-state index in [9.17, 15) is 9.59 Å². The molecule has 2 aromatic carbocycles. The van der Waals surface area contributed by atoms with Crippen LogP contribution >= 0.6 is 15.9 Å². The van der Waals surface area contributed by atoms with Crippen molar-refractivity contribution in [1.82, 2.24) is 14.2 Å². The molecule has 0 saturated carbocycles. The smallest absolute Gasteiger partial charge is 0.344 e. The van der Waals surface area contributed by atoms with E-state index in [1.54, 1.807) is 24.4 Å². The van der Waals surface area contributed by atoms with E-state index >= 15 is 0 Å². The van der Waals surface area contributed by atoms with Crippen LogP contribution in [0.15, 0.2) is 62.9 Å². The van der Waals surface area contributed by atoms with Crippen molar-refractivity contribution >= 4 is 39.0 Å². The molecule has 0 aliphatic carbocycles. The van der Waals surface area contributed by atoms with Crippen LogP contribution in [0.4, 0.5) is 0 Å². The Morgan fingerprint density at radius 3 is 2.57 bits per heavy atom. The number of halogens is 1. The number of carbonyl (C=O) groups is 1. The van der Waals surface area contributed by atoms with Gasteiger partial charge >= 0.3 is 5.97 Å². The van der Waals surface area contributed by atoms with Gasteiger partial charge in [0.05, 0.1) is 17.1 Å². The van der Waals surface area contributed by atoms with Gasteiger partial charge in [0.2, 0.25) is 0 Å². The fraction of sp³-hybridized carbons (Fsp3) is 0.231. The summed E-state index contributed by atoms with van der Waals surface area (Å²) in [7, 11) is 0. The van der Waals surface area contributed by atoms with Crippen LogP contribution in [-0.2, 0) is 11.2 Å². The lowest BCUT2D eigenvalue weighted by atomic mass is 10.2. The molecule has 0 saturated heterocycles. The number of benzene rings is 2. The largest absolute Gasteiger partial charge is 0.479 e. The summed E-state index contributed by atoms with van der Waals surface area (Å²) in [5, 5.41) is 14.0. The van der Waals surface area contributed by atoms with E-state index in [0.717, 1.165) is 27.1 Å². The Bertz CT molecular complexity index is 1500. The van der Waals surface area contributed by atoms with Crippen molar-refractivity contribution in [3.05, 3.63) is 86.1 Å². The van der Waals surface area contributed by atoms with E-state index in [4.69, 9.17) is 9.84 Å². The number of carboxylic acid groups (broad SMARTS) is 1. The Balaban J connectivity index is 1.68. The molecule has 0 bridgehead atoms. The van der Waals surface area contributed by atoms with Crippen LogP contribution in [0.3, 0.4) is 0 Å². The number of fused-ring (bicyclic) bond motifs is 1. The molecule has 0 radical (unpaired) electrons. The molecule has 4 aromatic rings. The van der Waals surface area contributed by atoms with Crippen molar-refractivity contribution in [3.63, 3.8) is 0 Å². The van der Waals surface area contributed by atoms with Gasteiger partial charge in [0, 0.05) is 33.5 Å². The summed E-state index contributed by atoms with van der Waals surface area (Å²) in [6, 6.07) is 14.7. The normalized spacial score (nSPS) is 12.4. The Hall–Kier alpha value is -3.72. The van der Waals surface area contributed by atoms with Gasteiger partial charge in [-0.05, 0) is 69.3 Å². The zero-order valence-electron chi connectivity index (χ0n) is 19.8. The molecule has 9 heteroatoms. The van der Waals surface area contributed by atoms with Crippen LogP contribution in [0, 0.1) is 13.8 Å². The first-order valence-corrected chi connectivity index (χ1v) is 11.9. The molecule has 0 fully saturated rings. The SMILES string of the molecule is CCc1nc2ccc(Br)cc2c(=O)n1N=Cc1cc(C)n(-c2ccc(O[C@@H](C)C(=O)O)cc2)c1C. The molecule has 8 nitrogen and oxygen atoms in total. The van der Waals surface area contributed by atoms with Gasteiger partial charge in [-0.15, -0.1) is 0 Å². The minimum absolute atomic E-state index is 0.218.